The highest BCUT2D eigenvalue weighted by molar-refractivity contribution is 7.89. The molecule has 1 saturated carbocycles. The van der Waals surface area contributed by atoms with E-state index in [2.05, 4.69) is 15.6 Å². The van der Waals surface area contributed by atoms with Crippen LogP contribution in [0.25, 0.3) is 11.1 Å². The van der Waals surface area contributed by atoms with Crippen LogP contribution in [0.4, 0.5) is 19.6 Å². The fraction of sp³-hybridized carbons (Fsp3) is 0.632. The van der Waals surface area contributed by atoms with E-state index in [1.54, 1.807) is 6.07 Å². The Kier molecular flexibility index (Phi) is 12.1. The van der Waals surface area contributed by atoms with Gasteiger partial charge >= 0.3 is 6.09 Å². The molecule has 1 aliphatic carbocycles. The van der Waals surface area contributed by atoms with Crippen molar-refractivity contribution in [3.63, 3.8) is 0 Å². The lowest BCUT2D eigenvalue weighted by Gasteiger charge is -2.37. The number of alkyl carbamates (subject to hydrolysis) is 1. The summed E-state index contributed by atoms with van der Waals surface area (Å²) in [5, 5.41) is 17.7. The molecular weight excluding hydrogens is 726 g/mol. The summed E-state index contributed by atoms with van der Waals surface area (Å²) in [6.07, 6.45) is 2.66. The van der Waals surface area contributed by atoms with E-state index >= 15 is 0 Å². The standard InChI is InChI=1S/C38H50F2N4O9S/c1-22(2)41-37-42-30-15-25-20-49-10-8-6-4-3-5-7-9-44(54(47,48)34(25)18-32(30)52-37)19-31(45)29(13-23-11-27(39)17-28(40)12-23)43-38(46)53-35-26-14-24-16-33(35)51-36(24)50-21-26/h11-12,15,17-18,22,24,26,29,31,33,35-36,45H,3-10,13-14,16,19-21H2,1-2H3,(H,41,42)(H,43,46)/t24?,26?,29-,31+,33?,35-,36-/m0/s1. The van der Waals surface area contributed by atoms with Crippen molar-refractivity contribution in [2.45, 2.75) is 120 Å². The number of amides is 1. The number of benzene rings is 2. The topological polar surface area (TPSA) is 162 Å². The van der Waals surface area contributed by atoms with Gasteiger partial charge in [-0.15, -0.1) is 0 Å². The van der Waals surface area contributed by atoms with Gasteiger partial charge in [-0.3, -0.25) is 0 Å². The second-order valence-electron chi connectivity index (χ2n) is 15.3. The lowest BCUT2D eigenvalue weighted by atomic mass is 9.78. The number of aromatic nitrogens is 1. The quantitative estimate of drug-likeness (QED) is 0.247. The smallest absolute Gasteiger partial charge is 0.407 e. The molecule has 2 aromatic carbocycles. The molecule has 3 N–H and O–H groups in total. The third-order valence-corrected chi connectivity index (χ3v) is 12.7. The van der Waals surface area contributed by atoms with Crippen molar-refractivity contribution in [3.05, 3.63) is 53.1 Å². The SMILES string of the molecule is CC(C)Nc1nc2cc3c(cc2o1)S(=O)(=O)N(C[C@@H](O)[C@H](Cc1cc(F)cc(F)c1)NC(=O)O[C@H]1C2CO[C@H]4OC1CC4C2)CCCCCCCCOC3. The maximum absolute atomic E-state index is 14.7. The van der Waals surface area contributed by atoms with Crippen molar-refractivity contribution in [2.24, 2.45) is 11.8 Å². The van der Waals surface area contributed by atoms with Gasteiger partial charge < -0.3 is 39.1 Å². The third-order valence-electron chi connectivity index (χ3n) is 10.7. The number of oxazole rings is 1. The van der Waals surface area contributed by atoms with Crippen molar-refractivity contribution >= 4 is 33.2 Å². The summed E-state index contributed by atoms with van der Waals surface area (Å²) in [7, 11) is -4.32. The molecule has 3 bridgehead atoms. The molecule has 4 heterocycles. The number of nitrogens with one attached hydrogen (secondary N) is 2. The first-order chi connectivity index (χ1) is 25.9. The fourth-order valence-corrected chi connectivity index (χ4v) is 9.83. The first-order valence-electron chi connectivity index (χ1n) is 19.1. The van der Waals surface area contributed by atoms with E-state index in [1.165, 1.54) is 10.4 Å². The molecule has 1 aromatic heterocycles. The Morgan fingerprint density at radius 2 is 1.80 bits per heavy atom. The van der Waals surface area contributed by atoms with Crippen LogP contribution < -0.4 is 10.6 Å². The number of hydrogen-bond acceptors (Lipinski definition) is 11. The van der Waals surface area contributed by atoms with Gasteiger partial charge in [0, 0.05) is 55.3 Å². The van der Waals surface area contributed by atoms with Gasteiger partial charge in [-0.1, -0.05) is 25.7 Å². The van der Waals surface area contributed by atoms with Crippen LogP contribution in [0.5, 0.6) is 0 Å². The Labute approximate surface area is 314 Å². The summed E-state index contributed by atoms with van der Waals surface area (Å²) >= 11 is 0. The number of aliphatic hydroxyl groups excluding tert-OH is 1. The van der Waals surface area contributed by atoms with Gasteiger partial charge in [0.2, 0.25) is 10.0 Å². The molecule has 3 fully saturated rings. The van der Waals surface area contributed by atoms with Gasteiger partial charge in [0.05, 0.1) is 36.4 Å². The Bertz CT molecular complexity index is 1870. The van der Waals surface area contributed by atoms with Crippen LogP contribution in [0.1, 0.15) is 76.3 Å². The minimum atomic E-state index is -4.32. The average Bonchev–Trinajstić information content (AvgIpc) is 3.63. The largest absolute Gasteiger partial charge is 0.443 e. The number of nitrogens with zero attached hydrogens (tertiary/aromatic N) is 2. The minimum absolute atomic E-state index is 0.0151. The zero-order valence-corrected chi connectivity index (χ0v) is 31.5. The van der Waals surface area contributed by atoms with Gasteiger partial charge in [0.25, 0.3) is 6.01 Å². The average molecular weight is 777 g/mol. The molecule has 3 unspecified atom stereocenters. The number of fused-ring (bicyclic) bond motifs is 4. The van der Waals surface area contributed by atoms with Crippen molar-refractivity contribution in [3.8, 4) is 0 Å². The Hall–Kier alpha value is -3.41. The summed E-state index contributed by atoms with van der Waals surface area (Å²) in [5.41, 5.74) is 1.27. The van der Waals surface area contributed by atoms with Gasteiger partial charge in [-0.2, -0.15) is 9.29 Å². The van der Waals surface area contributed by atoms with Crippen LogP contribution >= 0.6 is 0 Å². The monoisotopic (exact) mass is 776 g/mol. The molecule has 0 radical (unpaired) electrons. The minimum Gasteiger partial charge on any atom is -0.443 e. The molecule has 1 amide bonds. The van der Waals surface area contributed by atoms with E-state index in [4.69, 9.17) is 23.4 Å². The second-order valence-corrected chi connectivity index (χ2v) is 17.2. The lowest BCUT2D eigenvalue weighted by molar-refractivity contribution is -0.153. The normalized spacial score (nSPS) is 27.3. The number of carbonyl (C=O) groups is 1. The van der Waals surface area contributed by atoms with Crippen molar-refractivity contribution in [1.82, 2.24) is 14.6 Å². The third kappa shape index (κ3) is 9.00. The van der Waals surface area contributed by atoms with Crippen LogP contribution in [0.3, 0.4) is 0 Å². The number of sulfonamides is 1. The number of aliphatic hydroxyl groups is 1. The molecule has 13 nitrogen and oxygen atoms in total. The molecule has 7 rings (SSSR count). The highest BCUT2D eigenvalue weighted by Gasteiger charge is 2.53. The van der Waals surface area contributed by atoms with Crippen LogP contribution in [0.15, 0.2) is 39.6 Å². The van der Waals surface area contributed by atoms with Crippen molar-refractivity contribution in [2.75, 3.05) is 31.6 Å². The van der Waals surface area contributed by atoms with Crippen molar-refractivity contribution < 1.29 is 50.5 Å². The van der Waals surface area contributed by atoms with E-state index in [0.29, 0.717) is 37.1 Å². The van der Waals surface area contributed by atoms with E-state index in [9.17, 15) is 27.1 Å². The number of hydrogen-bond donors (Lipinski definition) is 3. The van der Waals surface area contributed by atoms with E-state index in [1.807, 2.05) is 13.8 Å². The van der Waals surface area contributed by atoms with Crippen molar-refractivity contribution in [1.29, 1.82) is 0 Å². The number of anilines is 1. The van der Waals surface area contributed by atoms with Gasteiger partial charge in [0.15, 0.2) is 11.9 Å². The number of ether oxygens (including phenoxy) is 4. The molecule has 0 spiro atoms. The van der Waals surface area contributed by atoms with Gasteiger partial charge in [-0.05, 0) is 69.7 Å². The molecular formula is C38H50F2N4O9S. The second kappa shape index (κ2) is 16.8. The molecule has 296 valence electrons. The fourth-order valence-electron chi connectivity index (χ4n) is 8.12. The molecule has 16 heteroatoms. The van der Waals surface area contributed by atoms with Crippen LogP contribution in [-0.4, -0.2) is 91.9 Å². The zero-order chi connectivity index (χ0) is 38.0. The molecule has 3 aromatic rings. The maximum atomic E-state index is 14.7. The summed E-state index contributed by atoms with van der Waals surface area (Å²) < 4.78 is 88.8. The zero-order valence-electron chi connectivity index (χ0n) is 30.7. The van der Waals surface area contributed by atoms with Crippen LogP contribution in [-0.2, 0) is 42.0 Å². The Balaban J connectivity index is 1.17. The van der Waals surface area contributed by atoms with Crippen LogP contribution in [0.2, 0.25) is 0 Å². The number of rotatable bonds is 9. The Morgan fingerprint density at radius 1 is 1.04 bits per heavy atom. The lowest BCUT2D eigenvalue weighted by Crippen LogP contribution is -2.52. The predicted octanol–water partition coefficient (Wildman–Crippen LogP) is 5.64. The first-order valence-corrected chi connectivity index (χ1v) is 20.5. The maximum Gasteiger partial charge on any atom is 0.407 e. The number of halogens is 2. The number of β-amino-alcohol motifs (C(OH)–C–C–N with tert-alkyl or cyclic N) is 1. The molecule has 7 atom stereocenters. The molecule has 3 aliphatic heterocycles. The number of carbonyl (C=O) groups excluding carboxylic acids is 1. The highest BCUT2D eigenvalue weighted by Crippen LogP contribution is 2.46. The first kappa shape index (κ1) is 38.8. The molecule has 54 heavy (non-hydrogen) atoms. The summed E-state index contributed by atoms with van der Waals surface area (Å²) in [4.78, 5) is 18.0. The van der Waals surface area contributed by atoms with E-state index in [0.717, 1.165) is 56.7 Å². The highest BCUT2D eigenvalue weighted by atomic mass is 32.2. The summed E-state index contributed by atoms with van der Waals surface area (Å²) in [6.45, 7) is 4.37. The van der Waals surface area contributed by atoms with E-state index < -0.39 is 52.5 Å². The van der Waals surface area contributed by atoms with Gasteiger partial charge in [0.1, 0.15) is 23.3 Å². The molecule has 4 aliphatic rings. The predicted molar refractivity (Wildman–Crippen MR) is 193 cm³/mol. The Morgan fingerprint density at radius 3 is 2.57 bits per heavy atom. The molecule has 2 saturated heterocycles. The van der Waals surface area contributed by atoms with Gasteiger partial charge in [-0.25, -0.2) is 22.0 Å². The summed E-state index contributed by atoms with van der Waals surface area (Å²) in [6, 6.07) is 5.11. The van der Waals surface area contributed by atoms with Crippen LogP contribution in [0, 0.1) is 23.5 Å². The summed E-state index contributed by atoms with van der Waals surface area (Å²) in [5.74, 6) is -1.46. The van der Waals surface area contributed by atoms with E-state index in [-0.39, 0.29) is 71.9 Å².